The van der Waals surface area contributed by atoms with Gasteiger partial charge in [0.05, 0.1) is 18.8 Å². The van der Waals surface area contributed by atoms with Gasteiger partial charge < -0.3 is 20.9 Å². The summed E-state index contributed by atoms with van der Waals surface area (Å²) in [6, 6.07) is 0. The summed E-state index contributed by atoms with van der Waals surface area (Å²) in [4.78, 5) is 0. The van der Waals surface area contributed by atoms with E-state index in [2.05, 4.69) is 5.32 Å². The van der Waals surface area contributed by atoms with Crippen LogP contribution in [0.4, 0.5) is 0 Å². The van der Waals surface area contributed by atoms with E-state index in [1.54, 1.807) is 0 Å². The number of hydrogen-bond donors (Lipinski definition) is 3. The molecule has 0 aromatic heterocycles. The summed E-state index contributed by atoms with van der Waals surface area (Å²) < 4.78 is 4.90. The first-order chi connectivity index (χ1) is 4.66. The quantitative estimate of drug-likeness (QED) is 0.400. The highest BCUT2D eigenvalue weighted by Gasteiger charge is 2.56. The van der Waals surface area contributed by atoms with Gasteiger partial charge in [0.25, 0.3) is 0 Å². The van der Waals surface area contributed by atoms with E-state index in [1.165, 1.54) is 0 Å². The third-order valence-electron chi connectivity index (χ3n) is 2.49. The maximum atomic E-state index is 9.70. The fourth-order valence-electron chi connectivity index (χ4n) is 1.31. The predicted molar refractivity (Wildman–Crippen MR) is 35.6 cm³/mol. The molecule has 0 radical (unpaired) electrons. The van der Waals surface area contributed by atoms with Crippen LogP contribution in [0.25, 0.3) is 0 Å². The first-order valence-corrected chi connectivity index (χ1v) is 3.46. The number of nitrogens with two attached hydrogens (primary N) is 1. The van der Waals surface area contributed by atoms with Gasteiger partial charge in [0, 0.05) is 13.1 Å². The molecule has 4 heteroatoms. The Morgan fingerprint density at radius 3 is 2.10 bits per heavy atom. The second-order valence-corrected chi connectivity index (χ2v) is 3.28. The van der Waals surface area contributed by atoms with Crippen LogP contribution >= 0.6 is 0 Å². The first-order valence-electron chi connectivity index (χ1n) is 3.46. The highest BCUT2D eigenvalue weighted by Crippen LogP contribution is 2.30. The van der Waals surface area contributed by atoms with Gasteiger partial charge in [-0.25, -0.2) is 0 Å². The van der Waals surface area contributed by atoms with Gasteiger partial charge in [0.1, 0.15) is 5.60 Å². The zero-order valence-electron chi connectivity index (χ0n) is 5.76. The first kappa shape index (κ1) is 6.54. The van der Waals surface area contributed by atoms with Crippen LogP contribution in [-0.2, 0) is 4.74 Å². The molecule has 0 atom stereocenters. The zero-order valence-corrected chi connectivity index (χ0v) is 5.76. The Morgan fingerprint density at radius 1 is 1.40 bits per heavy atom. The molecule has 0 aromatic rings. The van der Waals surface area contributed by atoms with E-state index < -0.39 is 11.1 Å². The van der Waals surface area contributed by atoms with E-state index in [1.807, 2.05) is 0 Å². The third-order valence-corrected chi connectivity index (χ3v) is 2.49. The van der Waals surface area contributed by atoms with Gasteiger partial charge in [-0.3, -0.25) is 0 Å². The summed E-state index contributed by atoms with van der Waals surface area (Å²) >= 11 is 0. The van der Waals surface area contributed by atoms with Crippen molar-refractivity contribution in [3.63, 3.8) is 0 Å². The van der Waals surface area contributed by atoms with Gasteiger partial charge in [-0.2, -0.15) is 0 Å². The molecule has 0 aliphatic carbocycles. The molecule has 0 spiro atoms. The SMILES string of the molecule is NC1(C2(O)COC2)CNC1. The summed E-state index contributed by atoms with van der Waals surface area (Å²) in [5.74, 6) is 0. The third kappa shape index (κ3) is 0.594. The van der Waals surface area contributed by atoms with Crippen molar-refractivity contribution in [2.75, 3.05) is 26.3 Å². The standard InChI is InChI=1S/C6H12N2O2/c7-5(1-8-2-5)6(9)3-10-4-6/h8-9H,1-4,7H2. The molecule has 4 nitrogen and oxygen atoms in total. The molecule has 2 fully saturated rings. The molecule has 2 heterocycles. The smallest absolute Gasteiger partial charge is 0.131 e. The normalized spacial score (nSPS) is 34.2. The fourth-order valence-corrected chi connectivity index (χ4v) is 1.31. The van der Waals surface area contributed by atoms with Crippen molar-refractivity contribution in [2.24, 2.45) is 5.73 Å². The summed E-state index contributed by atoms with van der Waals surface area (Å²) in [5.41, 5.74) is 4.67. The van der Waals surface area contributed by atoms with Crippen LogP contribution in [0.15, 0.2) is 0 Å². The summed E-state index contributed by atoms with van der Waals surface area (Å²) in [6.07, 6.45) is 0. The average Bonchev–Trinajstić information content (AvgIpc) is 1.77. The molecule has 2 aliphatic heterocycles. The van der Waals surface area contributed by atoms with Crippen molar-refractivity contribution in [1.82, 2.24) is 5.32 Å². The molecule has 2 rings (SSSR count). The maximum Gasteiger partial charge on any atom is 0.131 e. The van der Waals surface area contributed by atoms with Crippen LogP contribution in [0.1, 0.15) is 0 Å². The van der Waals surface area contributed by atoms with Gasteiger partial charge in [-0.1, -0.05) is 0 Å². The van der Waals surface area contributed by atoms with E-state index in [-0.39, 0.29) is 0 Å². The lowest BCUT2D eigenvalue weighted by atomic mass is 9.74. The lowest BCUT2D eigenvalue weighted by Crippen LogP contribution is -2.82. The molecule has 0 amide bonds. The molecular weight excluding hydrogens is 132 g/mol. The Kier molecular flexibility index (Phi) is 1.12. The Labute approximate surface area is 59.3 Å². The highest BCUT2D eigenvalue weighted by molar-refractivity contribution is 5.14. The van der Waals surface area contributed by atoms with E-state index in [9.17, 15) is 5.11 Å². The zero-order chi connectivity index (χ0) is 7.24. The van der Waals surface area contributed by atoms with Gasteiger partial charge in [0.15, 0.2) is 0 Å². The minimum absolute atomic E-state index is 0.394. The Bertz CT molecular complexity index is 134. The number of ether oxygens (including phenoxy) is 1. The second-order valence-electron chi connectivity index (χ2n) is 3.28. The molecule has 58 valence electrons. The Hall–Kier alpha value is -0.160. The molecule has 0 saturated carbocycles. The van der Waals surface area contributed by atoms with Crippen LogP contribution in [0.3, 0.4) is 0 Å². The van der Waals surface area contributed by atoms with Crippen LogP contribution in [0.5, 0.6) is 0 Å². The van der Waals surface area contributed by atoms with Crippen molar-refractivity contribution < 1.29 is 9.84 Å². The Morgan fingerprint density at radius 2 is 2.00 bits per heavy atom. The number of aliphatic hydroxyl groups is 1. The molecule has 0 aromatic carbocycles. The van der Waals surface area contributed by atoms with Crippen molar-refractivity contribution in [1.29, 1.82) is 0 Å². The Balaban J connectivity index is 2.08. The number of rotatable bonds is 1. The van der Waals surface area contributed by atoms with Gasteiger partial charge in [-0.15, -0.1) is 0 Å². The van der Waals surface area contributed by atoms with Crippen LogP contribution in [-0.4, -0.2) is 42.5 Å². The topological polar surface area (TPSA) is 67.5 Å². The monoisotopic (exact) mass is 144 g/mol. The summed E-state index contributed by atoms with van der Waals surface area (Å²) in [6.45, 7) is 2.19. The van der Waals surface area contributed by atoms with E-state index in [4.69, 9.17) is 10.5 Å². The minimum Gasteiger partial charge on any atom is -0.383 e. The lowest BCUT2D eigenvalue weighted by molar-refractivity contribution is -0.222. The van der Waals surface area contributed by atoms with Crippen molar-refractivity contribution >= 4 is 0 Å². The van der Waals surface area contributed by atoms with Gasteiger partial charge >= 0.3 is 0 Å². The van der Waals surface area contributed by atoms with Crippen LogP contribution in [0.2, 0.25) is 0 Å². The van der Waals surface area contributed by atoms with Crippen LogP contribution in [0, 0.1) is 0 Å². The molecule has 2 aliphatic rings. The largest absolute Gasteiger partial charge is 0.383 e. The van der Waals surface area contributed by atoms with Gasteiger partial charge in [0.2, 0.25) is 0 Å². The van der Waals surface area contributed by atoms with Crippen molar-refractivity contribution in [2.45, 2.75) is 11.1 Å². The number of nitrogens with one attached hydrogen (secondary N) is 1. The summed E-state index contributed by atoms with van der Waals surface area (Å²) in [7, 11) is 0. The molecule has 0 unspecified atom stereocenters. The molecule has 10 heavy (non-hydrogen) atoms. The molecular formula is C6H12N2O2. The minimum atomic E-state index is -0.752. The fraction of sp³-hybridized carbons (Fsp3) is 1.00. The molecule has 0 bridgehead atoms. The van der Waals surface area contributed by atoms with E-state index in [0.29, 0.717) is 26.3 Å². The second kappa shape index (κ2) is 1.71. The average molecular weight is 144 g/mol. The molecule has 2 saturated heterocycles. The predicted octanol–water partition coefficient (Wildman–Crippen LogP) is -1.95. The maximum absolute atomic E-state index is 9.70. The highest BCUT2D eigenvalue weighted by atomic mass is 16.5. The van der Waals surface area contributed by atoms with Gasteiger partial charge in [-0.05, 0) is 0 Å². The number of hydrogen-bond acceptors (Lipinski definition) is 4. The van der Waals surface area contributed by atoms with Crippen molar-refractivity contribution in [3.05, 3.63) is 0 Å². The summed E-state index contributed by atoms with van der Waals surface area (Å²) in [5, 5.41) is 12.7. The van der Waals surface area contributed by atoms with Crippen LogP contribution < -0.4 is 11.1 Å². The van der Waals surface area contributed by atoms with E-state index in [0.717, 1.165) is 0 Å². The molecule has 4 N–H and O–H groups in total. The lowest BCUT2D eigenvalue weighted by Gasteiger charge is -2.54. The van der Waals surface area contributed by atoms with E-state index >= 15 is 0 Å². The van der Waals surface area contributed by atoms with Crippen molar-refractivity contribution in [3.8, 4) is 0 Å².